The normalized spacial score (nSPS) is 10.3. The lowest BCUT2D eigenvalue weighted by molar-refractivity contribution is 0.220. The van der Waals surface area contributed by atoms with Gasteiger partial charge in [-0.1, -0.05) is 41.4 Å². The first-order valence-corrected chi connectivity index (χ1v) is 7.24. The standard InChI is InChI=1S/C16H16Cl2N2O/c1-11-3-8-14(9-15(11)18)19-16(21)20(2)10-12-4-6-13(17)7-5-12/h3-9H,10H2,1-2H3,(H,19,21). The van der Waals surface area contributed by atoms with Gasteiger partial charge in [-0.15, -0.1) is 0 Å². The molecule has 0 saturated carbocycles. The van der Waals surface area contributed by atoms with Crippen molar-refractivity contribution in [1.29, 1.82) is 0 Å². The van der Waals surface area contributed by atoms with Crippen molar-refractivity contribution in [2.45, 2.75) is 13.5 Å². The fraction of sp³-hybridized carbons (Fsp3) is 0.188. The Morgan fingerprint density at radius 3 is 2.43 bits per heavy atom. The number of hydrogen-bond acceptors (Lipinski definition) is 1. The second-order valence-corrected chi connectivity index (χ2v) is 5.72. The van der Waals surface area contributed by atoms with Gasteiger partial charge in [-0.3, -0.25) is 0 Å². The maximum atomic E-state index is 12.1. The zero-order chi connectivity index (χ0) is 15.4. The molecule has 0 bridgehead atoms. The predicted octanol–water partition coefficient (Wildman–Crippen LogP) is 4.97. The van der Waals surface area contributed by atoms with Gasteiger partial charge < -0.3 is 10.2 Å². The Hall–Kier alpha value is -1.71. The Labute approximate surface area is 134 Å². The highest BCUT2D eigenvalue weighted by Gasteiger charge is 2.10. The molecule has 2 amide bonds. The molecule has 21 heavy (non-hydrogen) atoms. The van der Waals surface area contributed by atoms with E-state index in [-0.39, 0.29) is 6.03 Å². The predicted molar refractivity (Wildman–Crippen MR) is 88.1 cm³/mol. The Bertz CT molecular complexity index is 641. The van der Waals surface area contributed by atoms with Crippen molar-refractivity contribution in [2.24, 2.45) is 0 Å². The average Bonchev–Trinajstić information content (AvgIpc) is 2.45. The van der Waals surface area contributed by atoms with Gasteiger partial charge in [0.25, 0.3) is 0 Å². The molecule has 0 aromatic heterocycles. The summed E-state index contributed by atoms with van der Waals surface area (Å²) in [6.45, 7) is 2.42. The van der Waals surface area contributed by atoms with Crippen LogP contribution in [-0.4, -0.2) is 18.0 Å². The van der Waals surface area contributed by atoms with Gasteiger partial charge in [0.15, 0.2) is 0 Å². The molecule has 2 rings (SSSR count). The molecule has 0 atom stereocenters. The van der Waals surface area contributed by atoms with Crippen LogP contribution in [0.25, 0.3) is 0 Å². The lowest BCUT2D eigenvalue weighted by Crippen LogP contribution is -2.30. The zero-order valence-electron chi connectivity index (χ0n) is 11.9. The van der Waals surface area contributed by atoms with Gasteiger partial charge in [0.05, 0.1) is 0 Å². The minimum absolute atomic E-state index is 0.190. The molecule has 0 fully saturated rings. The van der Waals surface area contributed by atoms with Crippen molar-refractivity contribution < 1.29 is 4.79 Å². The molecule has 2 aromatic rings. The van der Waals surface area contributed by atoms with Crippen LogP contribution in [-0.2, 0) is 6.54 Å². The number of anilines is 1. The summed E-state index contributed by atoms with van der Waals surface area (Å²) < 4.78 is 0. The second-order valence-electron chi connectivity index (χ2n) is 4.88. The lowest BCUT2D eigenvalue weighted by atomic mass is 10.2. The van der Waals surface area contributed by atoms with Crippen LogP contribution < -0.4 is 5.32 Å². The SMILES string of the molecule is Cc1ccc(NC(=O)N(C)Cc2ccc(Cl)cc2)cc1Cl. The number of nitrogens with one attached hydrogen (secondary N) is 1. The molecule has 0 saturated heterocycles. The number of rotatable bonds is 3. The quantitative estimate of drug-likeness (QED) is 0.850. The van der Waals surface area contributed by atoms with E-state index in [9.17, 15) is 4.79 Å². The van der Waals surface area contributed by atoms with Crippen LogP contribution in [0.15, 0.2) is 42.5 Å². The average molecular weight is 323 g/mol. The van der Waals surface area contributed by atoms with Crippen LogP contribution in [0.1, 0.15) is 11.1 Å². The Morgan fingerprint density at radius 1 is 1.14 bits per heavy atom. The topological polar surface area (TPSA) is 32.3 Å². The van der Waals surface area contributed by atoms with Crippen molar-refractivity contribution in [2.75, 3.05) is 12.4 Å². The molecule has 0 heterocycles. The molecule has 0 radical (unpaired) electrons. The van der Waals surface area contributed by atoms with Crippen molar-refractivity contribution >= 4 is 34.9 Å². The monoisotopic (exact) mass is 322 g/mol. The number of aryl methyl sites for hydroxylation is 1. The van der Waals surface area contributed by atoms with Crippen LogP contribution in [0.3, 0.4) is 0 Å². The lowest BCUT2D eigenvalue weighted by Gasteiger charge is -2.18. The highest BCUT2D eigenvalue weighted by molar-refractivity contribution is 6.31. The third kappa shape index (κ3) is 4.38. The number of benzene rings is 2. The smallest absolute Gasteiger partial charge is 0.321 e. The Balaban J connectivity index is 1.98. The van der Waals surface area contributed by atoms with Gasteiger partial charge in [-0.05, 0) is 42.3 Å². The molecule has 2 aromatic carbocycles. The number of carbonyl (C=O) groups is 1. The van der Waals surface area contributed by atoms with Crippen molar-refractivity contribution in [3.63, 3.8) is 0 Å². The van der Waals surface area contributed by atoms with E-state index in [4.69, 9.17) is 23.2 Å². The van der Waals surface area contributed by atoms with Crippen LogP contribution in [0.4, 0.5) is 10.5 Å². The maximum absolute atomic E-state index is 12.1. The first-order chi connectivity index (χ1) is 9.95. The number of halogens is 2. The summed E-state index contributed by atoms with van der Waals surface area (Å²) in [4.78, 5) is 13.7. The van der Waals surface area contributed by atoms with E-state index in [1.54, 1.807) is 18.0 Å². The zero-order valence-corrected chi connectivity index (χ0v) is 13.4. The summed E-state index contributed by atoms with van der Waals surface area (Å²) in [6.07, 6.45) is 0. The number of urea groups is 1. The second kappa shape index (κ2) is 6.83. The van der Waals surface area contributed by atoms with Crippen molar-refractivity contribution in [3.8, 4) is 0 Å². The van der Waals surface area contributed by atoms with E-state index < -0.39 is 0 Å². The first kappa shape index (κ1) is 15.7. The van der Waals surface area contributed by atoms with Gasteiger partial charge >= 0.3 is 6.03 Å². The van der Waals surface area contributed by atoms with Crippen LogP contribution in [0, 0.1) is 6.92 Å². The van der Waals surface area contributed by atoms with Gasteiger partial charge in [0, 0.05) is 29.3 Å². The number of nitrogens with zero attached hydrogens (tertiary/aromatic N) is 1. The fourth-order valence-corrected chi connectivity index (χ4v) is 2.13. The number of carbonyl (C=O) groups excluding carboxylic acids is 1. The third-order valence-electron chi connectivity index (χ3n) is 3.10. The summed E-state index contributed by atoms with van der Waals surface area (Å²) in [5.74, 6) is 0. The molecule has 0 unspecified atom stereocenters. The molecule has 0 aliphatic carbocycles. The van der Waals surface area contributed by atoms with Crippen LogP contribution in [0.5, 0.6) is 0 Å². The van der Waals surface area contributed by atoms with Gasteiger partial charge in [0.2, 0.25) is 0 Å². The summed E-state index contributed by atoms with van der Waals surface area (Å²) in [5, 5.41) is 4.13. The van der Waals surface area contributed by atoms with Gasteiger partial charge in [-0.25, -0.2) is 4.79 Å². The Morgan fingerprint density at radius 2 is 1.81 bits per heavy atom. The molecular weight excluding hydrogens is 307 g/mol. The van der Waals surface area contributed by atoms with E-state index in [0.29, 0.717) is 22.3 Å². The van der Waals surface area contributed by atoms with Crippen LogP contribution >= 0.6 is 23.2 Å². The van der Waals surface area contributed by atoms with E-state index in [2.05, 4.69) is 5.32 Å². The molecule has 3 nitrogen and oxygen atoms in total. The van der Waals surface area contributed by atoms with Gasteiger partial charge in [0.1, 0.15) is 0 Å². The molecule has 110 valence electrons. The number of hydrogen-bond donors (Lipinski definition) is 1. The molecule has 0 aliphatic heterocycles. The Kier molecular flexibility index (Phi) is 5.10. The summed E-state index contributed by atoms with van der Waals surface area (Å²) in [5.41, 5.74) is 2.67. The highest BCUT2D eigenvalue weighted by atomic mass is 35.5. The van der Waals surface area contributed by atoms with Crippen molar-refractivity contribution in [1.82, 2.24) is 4.90 Å². The third-order valence-corrected chi connectivity index (χ3v) is 3.76. The van der Waals surface area contributed by atoms with E-state index in [0.717, 1.165) is 11.1 Å². The summed E-state index contributed by atoms with van der Waals surface area (Å²) >= 11 is 11.9. The summed E-state index contributed by atoms with van der Waals surface area (Å²) in [6, 6.07) is 12.7. The molecule has 1 N–H and O–H groups in total. The first-order valence-electron chi connectivity index (χ1n) is 6.48. The largest absolute Gasteiger partial charge is 0.323 e. The maximum Gasteiger partial charge on any atom is 0.321 e. The van der Waals surface area contributed by atoms with Crippen LogP contribution in [0.2, 0.25) is 10.0 Å². The van der Waals surface area contributed by atoms with E-state index in [1.807, 2.05) is 43.3 Å². The molecule has 0 spiro atoms. The highest BCUT2D eigenvalue weighted by Crippen LogP contribution is 2.20. The molecule has 0 aliphatic rings. The van der Waals surface area contributed by atoms with E-state index >= 15 is 0 Å². The van der Waals surface area contributed by atoms with Crippen molar-refractivity contribution in [3.05, 3.63) is 63.6 Å². The van der Waals surface area contributed by atoms with E-state index in [1.165, 1.54) is 0 Å². The summed E-state index contributed by atoms with van der Waals surface area (Å²) in [7, 11) is 1.74. The van der Waals surface area contributed by atoms with Gasteiger partial charge in [-0.2, -0.15) is 0 Å². The minimum Gasteiger partial charge on any atom is -0.323 e. The number of amides is 2. The molecular formula is C16H16Cl2N2O. The fourth-order valence-electron chi connectivity index (χ4n) is 1.82. The minimum atomic E-state index is -0.190. The molecule has 5 heteroatoms.